The SMILES string of the molecule is O=C(CN1CCN(S(=O)(=O)c2ccc3c(c2)CCCC3)CC1)NC(=O)NC1CCCC1. The van der Waals surface area contributed by atoms with Crippen LogP contribution in [0.4, 0.5) is 4.79 Å². The zero-order valence-electron chi connectivity index (χ0n) is 17.9. The van der Waals surface area contributed by atoms with Crippen molar-refractivity contribution in [1.82, 2.24) is 19.8 Å². The summed E-state index contributed by atoms with van der Waals surface area (Å²) in [5, 5.41) is 5.22. The topological polar surface area (TPSA) is 98.8 Å². The van der Waals surface area contributed by atoms with E-state index in [9.17, 15) is 18.0 Å². The van der Waals surface area contributed by atoms with Crippen LogP contribution >= 0.6 is 0 Å². The molecule has 0 unspecified atom stereocenters. The van der Waals surface area contributed by atoms with Crippen molar-refractivity contribution in [3.8, 4) is 0 Å². The fraction of sp³-hybridized carbons (Fsp3) is 0.636. The van der Waals surface area contributed by atoms with Gasteiger partial charge in [0.05, 0.1) is 11.4 Å². The minimum absolute atomic E-state index is 0.0881. The Hall–Kier alpha value is -1.97. The molecule has 8 nitrogen and oxygen atoms in total. The summed E-state index contributed by atoms with van der Waals surface area (Å²) >= 11 is 0. The van der Waals surface area contributed by atoms with Gasteiger partial charge in [-0.1, -0.05) is 18.9 Å². The number of hydrogen-bond acceptors (Lipinski definition) is 5. The van der Waals surface area contributed by atoms with Crippen LogP contribution in [-0.4, -0.2) is 68.3 Å². The average molecular weight is 449 g/mol. The van der Waals surface area contributed by atoms with Gasteiger partial charge in [-0.05, 0) is 61.8 Å². The van der Waals surface area contributed by atoms with E-state index in [-0.39, 0.29) is 18.5 Å². The standard InChI is InChI=1S/C22H32N4O4S/c27-21(24-22(28)23-19-7-3-4-8-19)16-25-11-13-26(14-12-25)31(29,30)20-10-9-17-5-1-2-6-18(17)15-20/h9-10,15,19H,1-8,11-14,16H2,(H2,23,24,27,28). The highest BCUT2D eigenvalue weighted by molar-refractivity contribution is 7.89. The lowest BCUT2D eigenvalue weighted by Gasteiger charge is -2.33. The molecule has 1 saturated carbocycles. The highest BCUT2D eigenvalue weighted by Gasteiger charge is 2.30. The van der Waals surface area contributed by atoms with Gasteiger partial charge in [-0.15, -0.1) is 0 Å². The number of amides is 3. The molecule has 9 heteroatoms. The average Bonchev–Trinajstić information content (AvgIpc) is 3.26. The number of rotatable bonds is 5. The largest absolute Gasteiger partial charge is 0.335 e. The zero-order chi connectivity index (χ0) is 21.8. The first kappa shape index (κ1) is 22.2. The highest BCUT2D eigenvalue weighted by atomic mass is 32.2. The van der Waals surface area contributed by atoms with Gasteiger partial charge in [0.2, 0.25) is 15.9 Å². The fourth-order valence-electron chi connectivity index (χ4n) is 4.81. The molecule has 1 aromatic carbocycles. The number of sulfonamides is 1. The van der Waals surface area contributed by atoms with Gasteiger partial charge in [-0.2, -0.15) is 4.31 Å². The second-order valence-corrected chi connectivity index (χ2v) is 10.8. The molecule has 2 fully saturated rings. The third-order valence-electron chi connectivity index (χ3n) is 6.60. The molecule has 1 aromatic rings. The predicted molar refractivity (Wildman–Crippen MR) is 117 cm³/mol. The number of imide groups is 1. The molecule has 0 aromatic heterocycles. The van der Waals surface area contributed by atoms with Crippen molar-refractivity contribution in [3.63, 3.8) is 0 Å². The number of aryl methyl sites for hydroxylation is 2. The summed E-state index contributed by atoms with van der Waals surface area (Å²) in [5.41, 5.74) is 2.41. The minimum atomic E-state index is -3.54. The Morgan fingerprint density at radius 1 is 0.935 bits per heavy atom. The summed E-state index contributed by atoms with van der Waals surface area (Å²) in [7, 11) is -3.54. The maximum Gasteiger partial charge on any atom is 0.321 e. The van der Waals surface area contributed by atoms with Gasteiger partial charge in [0.15, 0.2) is 0 Å². The Bertz CT molecular complexity index is 919. The first-order valence-corrected chi connectivity index (χ1v) is 12.8. The Morgan fingerprint density at radius 3 is 2.32 bits per heavy atom. The van der Waals surface area contributed by atoms with E-state index in [2.05, 4.69) is 10.6 Å². The number of fused-ring (bicyclic) bond motifs is 1. The Kier molecular flexibility index (Phi) is 6.93. The summed E-state index contributed by atoms with van der Waals surface area (Å²) in [6.07, 6.45) is 8.37. The first-order valence-electron chi connectivity index (χ1n) is 11.4. The number of hydrogen-bond donors (Lipinski definition) is 2. The van der Waals surface area contributed by atoms with E-state index in [0.717, 1.165) is 56.9 Å². The summed E-state index contributed by atoms with van der Waals surface area (Å²) < 4.78 is 27.7. The van der Waals surface area contributed by atoms with Crippen molar-refractivity contribution in [2.24, 2.45) is 0 Å². The molecule has 2 N–H and O–H groups in total. The van der Waals surface area contributed by atoms with Crippen LogP contribution in [0.3, 0.4) is 0 Å². The van der Waals surface area contributed by atoms with Crippen molar-refractivity contribution in [1.29, 1.82) is 0 Å². The predicted octanol–water partition coefficient (Wildman–Crippen LogP) is 1.64. The van der Waals surface area contributed by atoms with Gasteiger partial charge < -0.3 is 5.32 Å². The quantitative estimate of drug-likeness (QED) is 0.714. The number of nitrogens with one attached hydrogen (secondary N) is 2. The normalized spacial score (nSPS) is 20.9. The smallest absolute Gasteiger partial charge is 0.321 e. The fourth-order valence-corrected chi connectivity index (χ4v) is 6.28. The molecule has 0 radical (unpaired) electrons. The van der Waals surface area contributed by atoms with Crippen LogP contribution in [0.15, 0.2) is 23.1 Å². The second kappa shape index (κ2) is 9.67. The van der Waals surface area contributed by atoms with E-state index in [0.29, 0.717) is 31.1 Å². The molecule has 1 heterocycles. The lowest BCUT2D eigenvalue weighted by molar-refractivity contribution is -0.121. The van der Waals surface area contributed by atoms with Crippen LogP contribution in [-0.2, 0) is 27.7 Å². The van der Waals surface area contributed by atoms with Crippen LogP contribution in [0.25, 0.3) is 0 Å². The van der Waals surface area contributed by atoms with E-state index >= 15 is 0 Å². The minimum Gasteiger partial charge on any atom is -0.335 e. The van der Waals surface area contributed by atoms with Crippen LogP contribution in [0.5, 0.6) is 0 Å². The molecule has 3 amide bonds. The van der Waals surface area contributed by atoms with Crippen molar-refractivity contribution >= 4 is 22.0 Å². The van der Waals surface area contributed by atoms with Crippen LogP contribution in [0, 0.1) is 0 Å². The van der Waals surface area contributed by atoms with Crippen molar-refractivity contribution in [3.05, 3.63) is 29.3 Å². The van der Waals surface area contributed by atoms with Gasteiger partial charge in [0.1, 0.15) is 0 Å². The van der Waals surface area contributed by atoms with Gasteiger partial charge in [-0.25, -0.2) is 13.2 Å². The molecule has 0 spiro atoms. The monoisotopic (exact) mass is 448 g/mol. The van der Waals surface area contributed by atoms with Crippen LogP contribution < -0.4 is 10.6 Å². The summed E-state index contributed by atoms with van der Waals surface area (Å²) in [6.45, 7) is 1.68. The van der Waals surface area contributed by atoms with Gasteiger partial charge in [0, 0.05) is 32.2 Å². The molecule has 1 saturated heterocycles. The third-order valence-corrected chi connectivity index (χ3v) is 8.49. The summed E-state index contributed by atoms with van der Waals surface area (Å²) in [6, 6.07) is 5.24. The van der Waals surface area contributed by atoms with E-state index in [1.807, 2.05) is 17.0 Å². The van der Waals surface area contributed by atoms with Crippen molar-refractivity contribution in [2.45, 2.75) is 62.3 Å². The molecule has 31 heavy (non-hydrogen) atoms. The lowest BCUT2D eigenvalue weighted by atomic mass is 9.92. The Morgan fingerprint density at radius 2 is 1.61 bits per heavy atom. The molecule has 2 aliphatic carbocycles. The van der Waals surface area contributed by atoms with Gasteiger partial charge in [0.25, 0.3) is 0 Å². The molecule has 3 aliphatic rings. The lowest BCUT2D eigenvalue weighted by Crippen LogP contribution is -2.52. The van der Waals surface area contributed by atoms with Crippen molar-refractivity contribution < 1.29 is 18.0 Å². The molecule has 1 aliphatic heterocycles. The zero-order valence-corrected chi connectivity index (χ0v) is 18.8. The molecule has 170 valence electrons. The summed E-state index contributed by atoms with van der Waals surface area (Å²) in [5.74, 6) is -0.360. The number of nitrogens with zero attached hydrogens (tertiary/aromatic N) is 2. The van der Waals surface area contributed by atoms with Crippen LogP contribution in [0.2, 0.25) is 0 Å². The summed E-state index contributed by atoms with van der Waals surface area (Å²) in [4.78, 5) is 26.4. The Labute approximate surface area is 184 Å². The number of carbonyl (C=O) groups excluding carboxylic acids is 2. The van der Waals surface area contributed by atoms with E-state index in [1.54, 1.807) is 6.07 Å². The van der Waals surface area contributed by atoms with Gasteiger partial charge >= 0.3 is 6.03 Å². The molecule has 0 bridgehead atoms. The third kappa shape index (κ3) is 5.45. The maximum atomic E-state index is 13.1. The highest BCUT2D eigenvalue weighted by Crippen LogP contribution is 2.26. The van der Waals surface area contributed by atoms with E-state index in [4.69, 9.17) is 0 Å². The molecular formula is C22H32N4O4S. The molecular weight excluding hydrogens is 416 g/mol. The number of piperazine rings is 1. The van der Waals surface area contributed by atoms with Crippen LogP contribution in [0.1, 0.15) is 49.7 Å². The first-order chi connectivity index (χ1) is 14.9. The Balaban J connectivity index is 1.27. The van der Waals surface area contributed by atoms with Crippen molar-refractivity contribution in [2.75, 3.05) is 32.7 Å². The number of benzene rings is 1. The molecule has 4 rings (SSSR count). The maximum absolute atomic E-state index is 13.1. The number of carbonyl (C=O) groups is 2. The molecule has 0 atom stereocenters. The number of urea groups is 1. The van der Waals surface area contributed by atoms with E-state index < -0.39 is 16.1 Å². The van der Waals surface area contributed by atoms with Gasteiger partial charge in [-0.3, -0.25) is 15.0 Å². The second-order valence-electron chi connectivity index (χ2n) is 8.82. The van der Waals surface area contributed by atoms with E-state index in [1.165, 1.54) is 9.87 Å².